The number of hydrogen-bond donors (Lipinski definition) is 2. The van der Waals surface area contributed by atoms with Crippen LogP contribution in [-0.2, 0) is 11.2 Å². The minimum atomic E-state index is -3.05. The molecule has 1 heterocycles. The Balaban J connectivity index is 0.00000200. The molecule has 112 valence electrons. The number of aryl methyl sites for hydroxylation is 1. The van der Waals surface area contributed by atoms with Crippen LogP contribution in [0.3, 0.4) is 0 Å². The van der Waals surface area contributed by atoms with Crippen molar-refractivity contribution in [2.24, 2.45) is 5.73 Å². The molecule has 1 aromatic rings. The van der Waals surface area contributed by atoms with Crippen LogP contribution in [0, 0.1) is 0 Å². The van der Waals surface area contributed by atoms with E-state index in [9.17, 15) is 13.6 Å². The van der Waals surface area contributed by atoms with E-state index in [-0.39, 0.29) is 18.3 Å². The Morgan fingerprint density at radius 3 is 2.85 bits per heavy atom. The molecule has 3 nitrogen and oxygen atoms in total. The Labute approximate surface area is 127 Å². The molecule has 0 radical (unpaired) electrons. The number of alkyl halides is 2. The second-order valence-corrected chi connectivity index (χ2v) is 5.69. The lowest BCUT2D eigenvalue weighted by Gasteiger charge is -2.25. The molecule has 3 N–H and O–H groups in total. The van der Waals surface area contributed by atoms with Gasteiger partial charge in [0.05, 0.1) is 13.1 Å². The number of carbonyl (C=O) groups excluding carboxylic acids is 1. The van der Waals surface area contributed by atoms with E-state index < -0.39 is 24.3 Å². The first-order valence-electron chi connectivity index (χ1n) is 6.08. The van der Waals surface area contributed by atoms with E-state index in [1.807, 2.05) is 24.3 Å². The number of rotatable bonds is 4. The molecule has 1 aliphatic heterocycles. The van der Waals surface area contributed by atoms with E-state index in [1.165, 1.54) is 11.8 Å². The number of nitrogens with one attached hydrogen (secondary N) is 1. The molecule has 1 aromatic carbocycles. The standard InChI is InChI=1S/C13H16F2N2OS.ClH/c14-13(15,7-16)8-17-12(18)11-10-4-2-1-3-9(10)5-6-19-11;/h1-4,11H,5-8,16H2,(H,17,18);1H. The SMILES string of the molecule is Cl.NCC(F)(F)CNC(=O)C1SCCc2ccccc21. The van der Waals surface area contributed by atoms with Crippen molar-refractivity contribution >= 4 is 30.1 Å². The molecule has 0 spiro atoms. The van der Waals surface area contributed by atoms with Crippen molar-refractivity contribution in [1.29, 1.82) is 0 Å². The van der Waals surface area contributed by atoms with Crippen LogP contribution in [0.5, 0.6) is 0 Å². The predicted octanol–water partition coefficient (Wildman–Crippen LogP) is 2.15. The number of halogens is 3. The van der Waals surface area contributed by atoms with Crippen LogP contribution in [0.1, 0.15) is 16.4 Å². The molecule has 0 saturated heterocycles. The lowest BCUT2D eigenvalue weighted by atomic mass is 10.0. The van der Waals surface area contributed by atoms with E-state index >= 15 is 0 Å². The van der Waals surface area contributed by atoms with Crippen molar-refractivity contribution in [2.75, 3.05) is 18.8 Å². The van der Waals surface area contributed by atoms with E-state index in [0.717, 1.165) is 23.3 Å². The Bertz CT molecular complexity index is 473. The maximum absolute atomic E-state index is 13.0. The molecule has 0 fully saturated rings. The molecular weight excluding hydrogens is 306 g/mol. The van der Waals surface area contributed by atoms with Gasteiger partial charge in [-0.2, -0.15) is 0 Å². The smallest absolute Gasteiger partial charge is 0.277 e. The number of nitrogens with two attached hydrogens (primary N) is 1. The highest BCUT2D eigenvalue weighted by atomic mass is 35.5. The second-order valence-electron chi connectivity index (χ2n) is 4.48. The van der Waals surface area contributed by atoms with Crippen molar-refractivity contribution in [3.63, 3.8) is 0 Å². The van der Waals surface area contributed by atoms with Gasteiger partial charge in [0.15, 0.2) is 0 Å². The van der Waals surface area contributed by atoms with Gasteiger partial charge in [-0.3, -0.25) is 4.79 Å². The highest BCUT2D eigenvalue weighted by Crippen LogP contribution is 2.36. The molecule has 0 aromatic heterocycles. The number of thioether (sulfide) groups is 1. The summed E-state index contributed by atoms with van der Waals surface area (Å²) in [6, 6.07) is 7.64. The Kier molecular flexibility index (Phi) is 6.23. The number of benzene rings is 1. The maximum atomic E-state index is 13.0. The molecular formula is C13H17ClF2N2OS. The van der Waals surface area contributed by atoms with Crippen LogP contribution in [0.2, 0.25) is 0 Å². The zero-order chi connectivity index (χ0) is 13.9. The lowest BCUT2D eigenvalue weighted by Crippen LogP contribution is -2.43. The third-order valence-corrected chi connectivity index (χ3v) is 4.29. The van der Waals surface area contributed by atoms with Gasteiger partial charge in [-0.05, 0) is 23.3 Å². The van der Waals surface area contributed by atoms with Crippen LogP contribution in [0.15, 0.2) is 24.3 Å². The first-order chi connectivity index (χ1) is 9.03. The van der Waals surface area contributed by atoms with Gasteiger partial charge in [-0.25, -0.2) is 8.78 Å². The zero-order valence-electron chi connectivity index (χ0n) is 10.8. The summed E-state index contributed by atoms with van der Waals surface area (Å²) in [6.07, 6.45) is 0.906. The van der Waals surface area contributed by atoms with Crippen molar-refractivity contribution in [1.82, 2.24) is 5.32 Å². The van der Waals surface area contributed by atoms with Crippen LogP contribution in [-0.4, -0.2) is 30.7 Å². The third kappa shape index (κ3) is 4.07. The molecule has 0 aliphatic carbocycles. The Morgan fingerprint density at radius 1 is 1.45 bits per heavy atom. The van der Waals surface area contributed by atoms with Crippen LogP contribution in [0.25, 0.3) is 0 Å². The normalized spacial score (nSPS) is 17.9. The summed E-state index contributed by atoms with van der Waals surface area (Å²) >= 11 is 1.48. The summed E-state index contributed by atoms with van der Waals surface area (Å²) in [5, 5.41) is 1.89. The number of carbonyl (C=O) groups is 1. The summed E-state index contributed by atoms with van der Waals surface area (Å²) in [6.45, 7) is -1.47. The largest absolute Gasteiger partial charge is 0.349 e. The first kappa shape index (κ1) is 17.2. The molecule has 0 bridgehead atoms. The fraction of sp³-hybridized carbons (Fsp3) is 0.462. The van der Waals surface area contributed by atoms with Crippen LogP contribution >= 0.6 is 24.2 Å². The average Bonchev–Trinajstić information content (AvgIpc) is 2.44. The maximum Gasteiger partial charge on any atom is 0.277 e. The summed E-state index contributed by atoms with van der Waals surface area (Å²) in [5.74, 6) is -2.60. The van der Waals surface area contributed by atoms with Gasteiger partial charge in [0, 0.05) is 0 Å². The molecule has 0 saturated carbocycles. The monoisotopic (exact) mass is 322 g/mol. The topological polar surface area (TPSA) is 55.1 Å². The average molecular weight is 323 g/mol. The lowest BCUT2D eigenvalue weighted by molar-refractivity contribution is -0.122. The van der Waals surface area contributed by atoms with E-state index in [0.29, 0.717) is 0 Å². The van der Waals surface area contributed by atoms with E-state index in [1.54, 1.807) is 0 Å². The third-order valence-electron chi connectivity index (χ3n) is 3.05. The summed E-state index contributed by atoms with van der Waals surface area (Å²) in [5.41, 5.74) is 6.98. The summed E-state index contributed by atoms with van der Waals surface area (Å²) < 4.78 is 26.1. The Morgan fingerprint density at radius 2 is 2.15 bits per heavy atom. The van der Waals surface area contributed by atoms with Gasteiger partial charge >= 0.3 is 0 Å². The fourth-order valence-corrected chi connectivity index (χ4v) is 3.21. The molecule has 1 amide bonds. The Hall–Kier alpha value is -0.850. The highest BCUT2D eigenvalue weighted by Gasteiger charge is 2.31. The summed E-state index contributed by atoms with van der Waals surface area (Å²) in [4.78, 5) is 12.0. The van der Waals surface area contributed by atoms with Gasteiger partial charge in [-0.1, -0.05) is 24.3 Å². The van der Waals surface area contributed by atoms with E-state index in [4.69, 9.17) is 5.73 Å². The van der Waals surface area contributed by atoms with E-state index in [2.05, 4.69) is 5.32 Å². The number of fused-ring (bicyclic) bond motifs is 1. The fourth-order valence-electron chi connectivity index (χ4n) is 1.99. The minimum absolute atomic E-state index is 0. The van der Waals surface area contributed by atoms with Gasteiger partial charge in [0.25, 0.3) is 5.92 Å². The van der Waals surface area contributed by atoms with Gasteiger partial charge in [0.2, 0.25) is 5.91 Å². The molecule has 20 heavy (non-hydrogen) atoms. The first-order valence-corrected chi connectivity index (χ1v) is 7.13. The number of hydrogen-bond acceptors (Lipinski definition) is 3. The molecule has 1 aliphatic rings. The predicted molar refractivity (Wildman–Crippen MR) is 79.6 cm³/mol. The highest BCUT2D eigenvalue weighted by molar-refractivity contribution is 8.00. The molecule has 7 heteroatoms. The van der Waals surface area contributed by atoms with Crippen molar-refractivity contribution < 1.29 is 13.6 Å². The zero-order valence-corrected chi connectivity index (χ0v) is 12.4. The summed E-state index contributed by atoms with van der Waals surface area (Å²) in [7, 11) is 0. The van der Waals surface area contributed by atoms with Gasteiger partial charge < -0.3 is 11.1 Å². The molecule has 1 unspecified atom stereocenters. The van der Waals surface area contributed by atoms with Crippen molar-refractivity contribution in [3.8, 4) is 0 Å². The van der Waals surface area contributed by atoms with Crippen LogP contribution < -0.4 is 11.1 Å². The number of amides is 1. The van der Waals surface area contributed by atoms with Crippen LogP contribution in [0.4, 0.5) is 8.78 Å². The molecule has 2 rings (SSSR count). The van der Waals surface area contributed by atoms with Crippen molar-refractivity contribution in [3.05, 3.63) is 35.4 Å². The molecule has 1 atom stereocenters. The van der Waals surface area contributed by atoms with Gasteiger partial charge in [0.1, 0.15) is 5.25 Å². The van der Waals surface area contributed by atoms with Crippen molar-refractivity contribution in [2.45, 2.75) is 17.6 Å². The van der Waals surface area contributed by atoms with Gasteiger partial charge in [-0.15, -0.1) is 24.2 Å². The minimum Gasteiger partial charge on any atom is -0.349 e. The quantitative estimate of drug-likeness (QED) is 0.893. The second kappa shape index (κ2) is 7.24.